The van der Waals surface area contributed by atoms with E-state index in [2.05, 4.69) is 14.6 Å². The van der Waals surface area contributed by atoms with Crippen LogP contribution in [0, 0.1) is 0 Å². The molecule has 0 unspecified atom stereocenters. The molecule has 2 N–H and O–H groups in total. The fourth-order valence-corrected chi connectivity index (χ4v) is 6.64. The van der Waals surface area contributed by atoms with Crippen molar-refractivity contribution in [2.45, 2.75) is 63.5 Å². The van der Waals surface area contributed by atoms with Gasteiger partial charge in [0.15, 0.2) is 0 Å². The van der Waals surface area contributed by atoms with Crippen LogP contribution in [0.25, 0.3) is 21.8 Å². The quantitative estimate of drug-likeness (QED) is 0.587. The van der Waals surface area contributed by atoms with E-state index in [1.165, 1.54) is 29.0 Å². The third-order valence-electron chi connectivity index (χ3n) is 7.57. The summed E-state index contributed by atoms with van der Waals surface area (Å²) in [5.41, 5.74) is 11.5. The van der Waals surface area contributed by atoms with Crippen LogP contribution in [0.4, 0.5) is 5.82 Å². The number of carbonyl (C=O) groups excluding carboxylic acids is 1. The van der Waals surface area contributed by atoms with Gasteiger partial charge in [0.05, 0.1) is 34.4 Å². The van der Waals surface area contributed by atoms with E-state index in [0.717, 1.165) is 73.2 Å². The Morgan fingerprint density at radius 3 is 2.63 bits per heavy atom. The average Bonchev–Trinajstić information content (AvgIpc) is 3.57. The number of hydrogen-bond donors (Lipinski definition) is 1. The maximum absolute atomic E-state index is 12.4. The lowest BCUT2D eigenvalue weighted by molar-refractivity contribution is -0.127. The summed E-state index contributed by atoms with van der Waals surface area (Å²) >= 11 is 1.68. The van der Waals surface area contributed by atoms with Crippen LogP contribution < -0.4 is 5.73 Å². The van der Waals surface area contributed by atoms with Crippen LogP contribution in [-0.4, -0.2) is 68.7 Å². The molecule has 1 amide bonds. The monoisotopic (exact) mass is 491 g/mol. The first-order valence-corrected chi connectivity index (χ1v) is 13.6. The van der Waals surface area contributed by atoms with Crippen LogP contribution in [0.3, 0.4) is 0 Å². The first kappa shape index (κ1) is 22.7. The molecule has 1 saturated heterocycles. The molecule has 6 rings (SSSR count). The average molecular weight is 492 g/mol. The van der Waals surface area contributed by atoms with Crippen LogP contribution in [-0.2, 0) is 24.1 Å². The number of thiazole rings is 1. The van der Waals surface area contributed by atoms with Crippen molar-refractivity contribution in [1.82, 2.24) is 29.5 Å². The maximum Gasteiger partial charge on any atom is 0.228 e. The molecule has 8 nitrogen and oxygen atoms in total. The molecular weight excluding hydrogens is 458 g/mol. The Kier molecular flexibility index (Phi) is 5.84. The molecule has 3 aromatic heterocycles. The van der Waals surface area contributed by atoms with Crippen LogP contribution >= 0.6 is 11.3 Å². The Morgan fingerprint density at radius 1 is 1.14 bits per heavy atom. The van der Waals surface area contributed by atoms with E-state index < -0.39 is 0 Å². The highest BCUT2D eigenvalue weighted by Gasteiger charge is 2.35. The van der Waals surface area contributed by atoms with E-state index >= 15 is 0 Å². The Bertz CT molecular complexity index is 1230. The van der Waals surface area contributed by atoms with E-state index in [0.29, 0.717) is 18.3 Å². The summed E-state index contributed by atoms with van der Waals surface area (Å²) in [6.45, 7) is 2.28. The Labute approximate surface area is 210 Å². The number of aryl methyl sites for hydroxylation is 1. The summed E-state index contributed by atoms with van der Waals surface area (Å²) in [4.78, 5) is 27.2. The molecule has 1 saturated carbocycles. The minimum Gasteiger partial charge on any atom is -0.384 e. The molecule has 2 aliphatic carbocycles. The molecule has 0 atom stereocenters. The first-order chi connectivity index (χ1) is 17.0. The number of likely N-dealkylation sites (tertiary alicyclic amines) is 1. The Balaban J connectivity index is 1.43. The molecule has 1 aliphatic heterocycles. The highest BCUT2D eigenvalue weighted by molar-refractivity contribution is 7.15. The number of carbonyl (C=O) groups is 1. The van der Waals surface area contributed by atoms with E-state index in [1.807, 2.05) is 18.3 Å². The molecule has 0 bridgehead atoms. The second kappa shape index (κ2) is 9.02. The lowest BCUT2D eigenvalue weighted by Crippen LogP contribution is -2.36. The zero-order chi connectivity index (χ0) is 24.1. The van der Waals surface area contributed by atoms with Crippen molar-refractivity contribution in [3.63, 3.8) is 0 Å². The van der Waals surface area contributed by atoms with Crippen LogP contribution in [0.5, 0.6) is 0 Å². The molecule has 9 heteroatoms. The number of amides is 1. The van der Waals surface area contributed by atoms with Gasteiger partial charge in [-0.15, -0.1) is 11.3 Å². The van der Waals surface area contributed by atoms with Gasteiger partial charge in [0, 0.05) is 50.6 Å². The number of nitrogens with two attached hydrogens (primary N) is 1. The zero-order valence-corrected chi connectivity index (χ0v) is 21.4. The van der Waals surface area contributed by atoms with E-state index in [4.69, 9.17) is 15.8 Å². The maximum atomic E-state index is 12.4. The number of hydrogen-bond acceptors (Lipinski definition) is 7. The fourth-order valence-electron chi connectivity index (χ4n) is 5.47. The van der Waals surface area contributed by atoms with Gasteiger partial charge in [-0.25, -0.2) is 9.97 Å². The van der Waals surface area contributed by atoms with E-state index in [9.17, 15) is 4.79 Å². The summed E-state index contributed by atoms with van der Waals surface area (Å²) in [5.74, 6) is 0.607. The van der Waals surface area contributed by atoms with Gasteiger partial charge in [0.2, 0.25) is 5.91 Å². The van der Waals surface area contributed by atoms with Gasteiger partial charge in [-0.3, -0.25) is 9.48 Å². The number of aromatic nitrogens is 4. The molecule has 4 heterocycles. The largest absolute Gasteiger partial charge is 0.384 e. The molecule has 184 valence electrons. The highest BCUT2D eigenvalue weighted by Crippen LogP contribution is 2.44. The van der Waals surface area contributed by atoms with Gasteiger partial charge < -0.3 is 15.5 Å². The van der Waals surface area contributed by atoms with Crippen molar-refractivity contribution in [1.29, 1.82) is 0 Å². The van der Waals surface area contributed by atoms with Crippen LogP contribution in [0.15, 0.2) is 18.3 Å². The van der Waals surface area contributed by atoms with Crippen molar-refractivity contribution >= 4 is 23.1 Å². The predicted molar refractivity (Wildman–Crippen MR) is 138 cm³/mol. The first-order valence-electron chi connectivity index (χ1n) is 12.7. The van der Waals surface area contributed by atoms with Gasteiger partial charge in [-0.05, 0) is 57.1 Å². The molecule has 2 fully saturated rings. The summed E-state index contributed by atoms with van der Waals surface area (Å²) < 4.78 is 2.31. The van der Waals surface area contributed by atoms with Crippen LogP contribution in [0.2, 0.25) is 0 Å². The molecule has 0 spiro atoms. The summed E-state index contributed by atoms with van der Waals surface area (Å²) in [7, 11) is 3.60. The van der Waals surface area contributed by atoms with E-state index in [-0.39, 0.29) is 5.91 Å². The number of piperidine rings is 1. The smallest absolute Gasteiger partial charge is 0.228 e. The minimum atomic E-state index is 0.0868. The molecule has 0 aromatic carbocycles. The second-order valence-corrected chi connectivity index (χ2v) is 11.4. The molecule has 3 aromatic rings. The predicted octanol–water partition coefficient (Wildman–Crippen LogP) is 3.57. The number of nitrogens with zero attached hydrogens (tertiary/aromatic N) is 6. The minimum absolute atomic E-state index is 0.0868. The summed E-state index contributed by atoms with van der Waals surface area (Å²) in [5, 5.41) is 6.16. The van der Waals surface area contributed by atoms with Crippen molar-refractivity contribution in [3.05, 3.63) is 34.6 Å². The van der Waals surface area contributed by atoms with Gasteiger partial charge in [-0.2, -0.15) is 5.10 Å². The lowest BCUT2D eigenvalue weighted by atomic mass is 10.0. The number of rotatable bonds is 5. The van der Waals surface area contributed by atoms with E-state index in [1.54, 1.807) is 30.3 Å². The SMILES string of the molecule is CN(C)C(=O)Cc1nc2c(s1)-c1c(c(-c3ccc(N)nc3)nn1C1CCN(C3CC3)CC1)CCC2. The Morgan fingerprint density at radius 2 is 1.94 bits per heavy atom. The van der Waals surface area contributed by atoms with Crippen molar-refractivity contribution in [3.8, 4) is 21.8 Å². The summed E-state index contributed by atoms with van der Waals surface area (Å²) in [6.07, 6.45) is 10.0. The molecular formula is C26H33N7OS. The standard InChI is InChI=1S/C26H33N7OS/c1-31(2)23(34)14-22-29-20-5-3-4-19-24(16-6-9-21(27)28-15-16)30-33(25(19)26(20)35-22)18-10-12-32(13-11-18)17-7-8-17/h6,9,15,17-18H,3-5,7-8,10-14H2,1-2H3,(H2,27,28). The second-order valence-electron chi connectivity index (χ2n) is 10.3. The zero-order valence-electron chi connectivity index (χ0n) is 20.5. The third-order valence-corrected chi connectivity index (χ3v) is 8.68. The number of fused-ring (bicyclic) bond motifs is 3. The number of anilines is 1. The van der Waals surface area contributed by atoms with Crippen molar-refractivity contribution < 1.29 is 4.79 Å². The van der Waals surface area contributed by atoms with Gasteiger partial charge >= 0.3 is 0 Å². The topological polar surface area (TPSA) is 93.2 Å². The molecule has 3 aliphatic rings. The van der Waals surface area contributed by atoms with Gasteiger partial charge in [0.1, 0.15) is 10.8 Å². The summed E-state index contributed by atoms with van der Waals surface area (Å²) in [6, 6.07) is 5.07. The number of nitrogen functional groups attached to an aromatic ring is 1. The van der Waals surface area contributed by atoms with Gasteiger partial charge in [0.25, 0.3) is 0 Å². The van der Waals surface area contributed by atoms with Crippen molar-refractivity contribution in [2.75, 3.05) is 32.9 Å². The molecule has 0 radical (unpaired) electrons. The fraction of sp³-hybridized carbons (Fsp3) is 0.538. The number of pyridine rings is 1. The van der Waals surface area contributed by atoms with Gasteiger partial charge in [-0.1, -0.05) is 0 Å². The Hall–Kier alpha value is -2.78. The highest BCUT2D eigenvalue weighted by atomic mass is 32.1. The lowest BCUT2D eigenvalue weighted by Gasteiger charge is -2.32. The third kappa shape index (κ3) is 4.36. The van der Waals surface area contributed by atoms with Crippen molar-refractivity contribution in [2.24, 2.45) is 0 Å². The normalized spacial score (nSPS) is 18.7. The molecule has 35 heavy (non-hydrogen) atoms. The number of likely N-dealkylation sites (N-methyl/N-ethyl adjacent to an activating group) is 1. The van der Waals surface area contributed by atoms with Crippen LogP contribution in [0.1, 0.15) is 54.4 Å².